The van der Waals surface area contributed by atoms with Crippen molar-refractivity contribution in [1.29, 1.82) is 0 Å². The number of benzene rings is 1. The van der Waals surface area contributed by atoms with Crippen LogP contribution in [0.1, 0.15) is 43.7 Å². The quantitative estimate of drug-likeness (QED) is 0.641. The largest absolute Gasteiger partial charge is 0.424 e. The third-order valence-corrected chi connectivity index (χ3v) is 5.26. The van der Waals surface area contributed by atoms with Crippen molar-refractivity contribution < 1.29 is 4.42 Å². The van der Waals surface area contributed by atoms with Gasteiger partial charge in [-0.25, -0.2) is 0 Å². The van der Waals surface area contributed by atoms with Gasteiger partial charge in [0.05, 0.1) is 24.7 Å². The normalized spacial score (nSPS) is 16.4. The number of nitrogens with zero attached hydrogens (tertiary/aromatic N) is 6. The zero-order chi connectivity index (χ0) is 20.3. The third-order valence-electron chi connectivity index (χ3n) is 5.26. The smallest absolute Gasteiger partial charge is 0.230 e. The highest BCUT2D eigenvalue weighted by atomic mass is 16.4. The van der Waals surface area contributed by atoms with Crippen LogP contribution >= 0.6 is 0 Å². The second-order valence-electron chi connectivity index (χ2n) is 8.77. The van der Waals surface area contributed by atoms with E-state index in [4.69, 9.17) is 4.42 Å². The van der Waals surface area contributed by atoms with Crippen LogP contribution in [0.3, 0.4) is 0 Å². The predicted octanol–water partition coefficient (Wildman–Crippen LogP) is 2.93. The molecule has 4 rings (SSSR count). The average Bonchev–Trinajstić information content (AvgIpc) is 3.34. The molecule has 7 heteroatoms. The summed E-state index contributed by atoms with van der Waals surface area (Å²) in [6.45, 7) is 12.3. The Morgan fingerprint density at radius 2 is 1.52 bits per heavy atom. The van der Waals surface area contributed by atoms with Crippen LogP contribution in [0.15, 0.2) is 47.1 Å². The molecule has 154 valence electrons. The Morgan fingerprint density at radius 1 is 0.862 bits per heavy atom. The van der Waals surface area contributed by atoms with E-state index in [0.717, 1.165) is 39.3 Å². The molecule has 7 nitrogen and oxygen atoms in total. The summed E-state index contributed by atoms with van der Waals surface area (Å²) in [5.41, 5.74) is 2.49. The van der Waals surface area contributed by atoms with Gasteiger partial charge in [0, 0.05) is 44.5 Å². The lowest BCUT2D eigenvalue weighted by Crippen LogP contribution is -2.45. The second kappa shape index (κ2) is 8.47. The van der Waals surface area contributed by atoms with Gasteiger partial charge < -0.3 is 4.42 Å². The molecule has 0 amide bonds. The molecule has 29 heavy (non-hydrogen) atoms. The lowest BCUT2D eigenvalue weighted by Gasteiger charge is -2.33. The lowest BCUT2D eigenvalue weighted by atomic mass is 10.1. The standard InChI is InChI=1S/C22H30N6O/c1-22(2,3)28-16-19(14-23-28)15-26-9-11-27(12-10-26)17-21-25-24-20(29-21)13-18-7-5-4-6-8-18/h4-8,14,16H,9-13,15,17H2,1-3H3. The van der Waals surface area contributed by atoms with Crippen LogP contribution in [0.2, 0.25) is 0 Å². The SMILES string of the molecule is CC(C)(C)n1cc(CN2CCN(Cc3nnc(Cc4ccccc4)o3)CC2)cn1. The van der Waals surface area contributed by atoms with E-state index in [9.17, 15) is 0 Å². The second-order valence-corrected chi connectivity index (χ2v) is 8.77. The van der Waals surface area contributed by atoms with Crippen LogP contribution in [-0.2, 0) is 25.0 Å². The van der Waals surface area contributed by atoms with Gasteiger partial charge in [-0.1, -0.05) is 30.3 Å². The van der Waals surface area contributed by atoms with Gasteiger partial charge >= 0.3 is 0 Å². The molecule has 1 aliphatic heterocycles. The molecule has 1 aliphatic rings. The minimum Gasteiger partial charge on any atom is -0.424 e. The van der Waals surface area contributed by atoms with Crippen molar-refractivity contribution in [3.63, 3.8) is 0 Å². The summed E-state index contributed by atoms with van der Waals surface area (Å²) in [7, 11) is 0. The van der Waals surface area contributed by atoms with Crippen molar-refractivity contribution in [2.45, 2.75) is 45.8 Å². The Hall–Kier alpha value is -2.51. The fourth-order valence-corrected chi connectivity index (χ4v) is 3.56. The molecular weight excluding hydrogens is 364 g/mol. The topological polar surface area (TPSA) is 63.2 Å². The van der Waals surface area contributed by atoms with Crippen molar-refractivity contribution in [2.75, 3.05) is 26.2 Å². The molecule has 0 unspecified atom stereocenters. The highest BCUT2D eigenvalue weighted by Crippen LogP contribution is 2.16. The van der Waals surface area contributed by atoms with E-state index in [0.29, 0.717) is 18.2 Å². The summed E-state index contributed by atoms with van der Waals surface area (Å²) >= 11 is 0. The van der Waals surface area contributed by atoms with E-state index in [2.05, 4.69) is 64.2 Å². The fourth-order valence-electron chi connectivity index (χ4n) is 3.56. The number of aromatic nitrogens is 4. The predicted molar refractivity (Wildman–Crippen MR) is 111 cm³/mol. The van der Waals surface area contributed by atoms with Crippen molar-refractivity contribution in [1.82, 2.24) is 29.8 Å². The van der Waals surface area contributed by atoms with Gasteiger partial charge in [-0.2, -0.15) is 5.10 Å². The Balaban J connectivity index is 1.24. The molecule has 0 saturated carbocycles. The summed E-state index contributed by atoms with van der Waals surface area (Å²) in [4.78, 5) is 4.87. The molecular formula is C22H30N6O. The number of piperazine rings is 1. The van der Waals surface area contributed by atoms with E-state index in [1.54, 1.807) is 0 Å². The lowest BCUT2D eigenvalue weighted by molar-refractivity contribution is 0.114. The van der Waals surface area contributed by atoms with Gasteiger partial charge in [0.1, 0.15) is 0 Å². The highest BCUT2D eigenvalue weighted by molar-refractivity contribution is 5.17. The molecule has 1 saturated heterocycles. The van der Waals surface area contributed by atoms with E-state index >= 15 is 0 Å². The maximum absolute atomic E-state index is 5.86. The molecule has 0 aliphatic carbocycles. The Labute approximate surface area is 172 Å². The summed E-state index contributed by atoms with van der Waals surface area (Å²) in [6, 6.07) is 10.2. The van der Waals surface area contributed by atoms with Crippen molar-refractivity contribution >= 4 is 0 Å². The van der Waals surface area contributed by atoms with Gasteiger partial charge in [0.15, 0.2) is 0 Å². The van der Waals surface area contributed by atoms with Crippen LogP contribution in [0.25, 0.3) is 0 Å². The first kappa shape index (κ1) is 19.8. The highest BCUT2D eigenvalue weighted by Gasteiger charge is 2.20. The Morgan fingerprint density at radius 3 is 2.17 bits per heavy atom. The van der Waals surface area contributed by atoms with E-state index in [1.807, 2.05) is 29.1 Å². The first-order valence-corrected chi connectivity index (χ1v) is 10.3. The Kier molecular flexibility index (Phi) is 5.78. The van der Waals surface area contributed by atoms with Crippen LogP contribution in [0.4, 0.5) is 0 Å². The number of hydrogen-bond acceptors (Lipinski definition) is 6. The maximum Gasteiger partial charge on any atom is 0.230 e. The van der Waals surface area contributed by atoms with Crippen molar-refractivity contribution in [3.8, 4) is 0 Å². The summed E-state index contributed by atoms with van der Waals surface area (Å²) in [5, 5.41) is 13.0. The third kappa shape index (κ3) is 5.31. The van der Waals surface area contributed by atoms with Gasteiger partial charge in [-0.15, -0.1) is 10.2 Å². The van der Waals surface area contributed by atoms with Gasteiger partial charge in [0.25, 0.3) is 0 Å². The van der Waals surface area contributed by atoms with Crippen LogP contribution in [-0.4, -0.2) is 56.0 Å². The van der Waals surface area contributed by atoms with Crippen LogP contribution < -0.4 is 0 Å². The first-order valence-electron chi connectivity index (χ1n) is 10.3. The molecule has 3 aromatic rings. The fraction of sp³-hybridized carbons (Fsp3) is 0.500. The van der Waals surface area contributed by atoms with E-state index in [-0.39, 0.29) is 5.54 Å². The monoisotopic (exact) mass is 394 g/mol. The van der Waals surface area contributed by atoms with Gasteiger partial charge in [0.2, 0.25) is 11.8 Å². The molecule has 0 N–H and O–H groups in total. The van der Waals surface area contributed by atoms with Crippen LogP contribution in [0, 0.1) is 0 Å². The number of rotatable bonds is 6. The first-order chi connectivity index (χ1) is 14.0. The van der Waals surface area contributed by atoms with E-state index in [1.165, 1.54) is 11.1 Å². The molecule has 0 atom stereocenters. The molecule has 0 radical (unpaired) electrons. The molecule has 0 bridgehead atoms. The zero-order valence-electron chi connectivity index (χ0n) is 17.6. The Bertz CT molecular complexity index is 903. The van der Waals surface area contributed by atoms with E-state index < -0.39 is 0 Å². The maximum atomic E-state index is 5.86. The summed E-state index contributed by atoms with van der Waals surface area (Å²) < 4.78 is 7.90. The zero-order valence-corrected chi connectivity index (χ0v) is 17.6. The van der Waals surface area contributed by atoms with Gasteiger partial charge in [-0.05, 0) is 26.3 Å². The summed E-state index contributed by atoms with van der Waals surface area (Å²) in [5.74, 6) is 1.39. The van der Waals surface area contributed by atoms with Gasteiger partial charge in [-0.3, -0.25) is 14.5 Å². The molecule has 1 aromatic carbocycles. The molecule has 1 fully saturated rings. The minimum atomic E-state index is 0.0282. The van der Waals surface area contributed by atoms with Crippen LogP contribution in [0.5, 0.6) is 0 Å². The number of hydrogen-bond donors (Lipinski definition) is 0. The van der Waals surface area contributed by atoms with Crippen molar-refractivity contribution in [2.24, 2.45) is 0 Å². The molecule has 0 spiro atoms. The van der Waals surface area contributed by atoms with Crippen molar-refractivity contribution in [3.05, 3.63) is 65.6 Å². The minimum absolute atomic E-state index is 0.0282. The average molecular weight is 395 g/mol. The molecule has 2 aromatic heterocycles. The molecule has 3 heterocycles. The summed E-state index contributed by atoms with van der Waals surface area (Å²) in [6.07, 6.45) is 4.84.